The van der Waals surface area contributed by atoms with E-state index in [1.165, 1.54) is 12.1 Å². The third-order valence-corrected chi connectivity index (χ3v) is 4.43. The van der Waals surface area contributed by atoms with E-state index in [0.717, 1.165) is 0 Å². The second kappa shape index (κ2) is 7.65. The van der Waals surface area contributed by atoms with Crippen LogP contribution in [-0.2, 0) is 6.54 Å². The van der Waals surface area contributed by atoms with Crippen molar-refractivity contribution in [3.63, 3.8) is 0 Å². The summed E-state index contributed by atoms with van der Waals surface area (Å²) in [5, 5.41) is 17.0. The summed E-state index contributed by atoms with van der Waals surface area (Å²) in [6, 6.07) is 7.51. The fourth-order valence-corrected chi connectivity index (χ4v) is 3.22. The molecule has 7 heteroatoms. The number of aliphatic hydroxyl groups is 1. The zero-order chi connectivity index (χ0) is 17.8. The summed E-state index contributed by atoms with van der Waals surface area (Å²) in [5.41, 5.74) is 0.705. The number of halogens is 1. The van der Waals surface area contributed by atoms with E-state index >= 15 is 0 Å². The van der Waals surface area contributed by atoms with Gasteiger partial charge in [0.2, 0.25) is 0 Å². The Bertz CT molecular complexity index is 707. The molecule has 1 aromatic carbocycles. The van der Waals surface area contributed by atoms with Crippen molar-refractivity contribution in [2.45, 2.75) is 32.0 Å². The van der Waals surface area contributed by atoms with Gasteiger partial charge in [-0.1, -0.05) is 19.1 Å². The molecule has 3 unspecified atom stereocenters. The molecule has 3 atom stereocenters. The molecule has 0 aliphatic carbocycles. The number of urea groups is 1. The lowest BCUT2D eigenvalue weighted by Gasteiger charge is -2.26. The van der Waals surface area contributed by atoms with Crippen LogP contribution in [0.15, 0.2) is 42.7 Å². The minimum Gasteiger partial charge on any atom is -0.391 e. The second-order valence-electron chi connectivity index (χ2n) is 6.63. The van der Waals surface area contributed by atoms with Crippen molar-refractivity contribution in [3.05, 3.63) is 54.1 Å². The Hall–Kier alpha value is -2.41. The fourth-order valence-electron chi connectivity index (χ4n) is 3.22. The Labute approximate surface area is 146 Å². The molecule has 2 heterocycles. The smallest absolute Gasteiger partial charge is 0.318 e. The SMILES string of the molecule is CC(CNC(=O)N1CC(O)CC1c1cccc(F)c1)Cn1cccn1. The standard InChI is InChI=1S/C18H23FN4O2/c1-13(11-22-7-3-6-21-22)10-20-18(25)23-12-16(24)9-17(23)14-4-2-5-15(19)8-14/h2-8,13,16-17,24H,9-12H2,1H3,(H,20,25). The van der Waals surface area contributed by atoms with E-state index in [2.05, 4.69) is 10.4 Å². The van der Waals surface area contributed by atoms with Gasteiger partial charge in [0.05, 0.1) is 12.1 Å². The van der Waals surface area contributed by atoms with Crippen molar-refractivity contribution in [1.29, 1.82) is 0 Å². The van der Waals surface area contributed by atoms with E-state index in [4.69, 9.17) is 0 Å². The molecule has 2 amide bonds. The van der Waals surface area contributed by atoms with Gasteiger partial charge in [-0.3, -0.25) is 4.68 Å². The normalized spacial score (nSPS) is 21.3. The predicted octanol–water partition coefficient (Wildman–Crippen LogP) is 2.18. The number of carbonyl (C=O) groups excluding carboxylic acids is 1. The van der Waals surface area contributed by atoms with Gasteiger partial charge in [0, 0.05) is 32.0 Å². The first-order valence-electron chi connectivity index (χ1n) is 8.48. The highest BCUT2D eigenvalue weighted by molar-refractivity contribution is 5.75. The number of aliphatic hydroxyl groups excluding tert-OH is 1. The van der Waals surface area contributed by atoms with Crippen LogP contribution in [0.2, 0.25) is 0 Å². The minimum atomic E-state index is -0.597. The highest BCUT2D eigenvalue weighted by atomic mass is 19.1. The van der Waals surface area contributed by atoms with Crippen LogP contribution in [0.25, 0.3) is 0 Å². The average molecular weight is 346 g/mol. The van der Waals surface area contributed by atoms with Crippen LogP contribution in [0.4, 0.5) is 9.18 Å². The van der Waals surface area contributed by atoms with E-state index in [-0.39, 0.29) is 30.4 Å². The average Bonchev–Trinajstić information content (AvgIpc) is 3.22. The highest BCUT2D eigenvalue weighted by Crippen LogP contribution is 2.32. The Balaban J connectivity index is 1.59. The van der Waals surface area contributed by atoms with Crippen LogP contribution in [0, 0.1) is 11.7 Å². The monoisotopic (exact) mass is 346 g/mol. The first kappa shape index (κ1) is 17.4. The number of nitrogens with zero attached hydrogens (tertiary/aromatic N) is 3. The Morgan fingerprint density at radius 2 is 2.32 bits per heavy atom. The summed E-state index contributed by atoms with van der Waals surface area (Å²) in [4.78, 5) is 14.1. The molecule has 0 saturated carbocycles. The van der Waals surface area contributed by atoms with Crippen molar-refractivity contribution in [2.75, 3.05) is 13.1 Å². The number of hydrogen-bond acceptors (Lipinski definition) is 3. The predicted molar refractivity (Wildman–Crippen MR) is 91.3 cm³/mol. The summed E-state index contributed by atoms with van der Waals surface area (Å²) in [7, 11) is 0. The Morgan fingerprint density at radius 3 is 3.04 bits per heavy atom. The number of nitrogens with one attached hydrogen (secondary N) is 1. The molecule has 2 N–H and O–H groups in total. The first-order valence-corrected chi connectivity index (χ1v) is 8.48. The van der Waals surface area contributed by atoms with Crippen LogP contribution >= 0.6 is 0 Å². The van der Waals surface area contributed by atoms with Gasteiger partial charge in [-0.2, -0.15) is 5.10 Å². The van der Waals surface area contributed by atoms with Gasteiger partial charge in [-0.15, -0.1) is 0 Å². The zero-order valence-electron chi connectivity index (χ0n) is 14.2. The molecular weight excluding hydrogens is 323 g/mol. The van der Waals surface area contributed by atoms with Crippen molar-refractivity contribution in [3.8, 4) is 0 Å². The quantitative estimate of drug-likeness (QED) is 0.872. The molecule has 25 heavy (non-hydrogen) atoms. The van der Waals surface area contributed by atoms with Gasteiger partial charge in [0.25, 0.3) is 0 Å². The molecule has 134 valence electrons. The lowest BCUT2D eigenvalue weighted by Crippen LogP contribution is -2.42. The van der Waals surface area contributed by atoms with Crippen molar-refractivity contribution < 1.29 is 14.3 Å². The van der Waals surface area contributed by atoms with Crippen LogP contribution in [0.3, 0.4) is 0 Å². The first-order chi connectivity index (χ1) is 12.0. The van der Waals surface area contributed by atoms with E-state index in [0.29, 0.717) is 25.1 Å². The maximum absolute atomic E-state index is 13.5. The van der Waals surface area contributed by atoms with E-state index < -0.39 is 6.10 Å². The van der Waals surface area contributed by atoms with E-state index in [9.17, 15) is 14.3 Å². The lowest BCUT2D eigenvalue weighted by molar-refractivity contribution is 0.168. The highest BCUT2D eigenvalue weighted by Gasteiger charge is 2.35. The van der Waals surface area contributed by atoms with E-state index in [1.807, 2.05) is 23.9 Å². The molecule has 0 spiro atoms. The molecule has 3 rings (SSSR count). The summed E-state index contributed by atoms with van der Waals surface area (Å²) >= 11 is 0. The third kappa shape index (κ3) is 4.36. The summed E-state index contributed by atoms with van der Waals surface area (Å²) in [6.45, 7) is 3.50. The van der Waals surface area contributed by atoms with Crippen molar-refractivity contribution in [2.24, 2.45) is 5.92 Å². The van der Waals surface area contributed by atoms with Crippen LogP contribution < -0.4 is 5.32 Å². The molecular formula is C18H23FN4O2. The summed E-state index contributed by atoms with van der Waals surface area (Å²) in [5.74, 6) is -0.129. The summed E-state index contributed by atoms with van der Waals surface area (Å²) in [6.07, 6.45) is 3.43. The van der Waals surface area contributed by atoms with Gasteiger partial charge in [-0.25, -0.2) is 9.18 Å². The van der Waals surface area contributed by atoms with Crippen LogP contribution in [0.5, 0.6) is 0 Å². The zero-order valence-corrected chi connectivity index (χ0v) is 14.2. The Kier molecular flexibility index (Phi) is 5.33. The maximum atomic E-state index is 13.5. The van der Waals surface area contributed by atoms with Gasteiger partial charge in [0.1, 0.15) is 5.82 Å². The molecule has 0 bridgehead atoms. The summed E-state index contributed by atoms with van der Waals surface area (Å²) < 4.78 is 15.3. The molecule has 1 saturated heterocycles. The number of rotatable bonds is 5. The van der Waals surface area contributed by atoms with Crippen LogP contribution in [-0.4, -0.2) is 45.0 Å². The van der Waals surface area contributed by atoms with Crippen molar-refractivity contribution >= 4 is 6.03 Å². The number of likely N-dealkylation sites (tertiary alicyclic amines) is 1. The molecule has 1 aliphatic heterocycles. The molecule has 0 radical (unpaired) electrons. The fraction of sp³-hybridized carbons (Fsp3) is 0.444. The number of hydrogen-bond donors (Lipinski definition) is 2. The molecule has 1 fully saturated rings. The largest absolute Gasteiger partial charge is 0.391 e. The van der Waals surface area contributed by atoms with Gasteiger partial charge < -0.3 is 15.3 Å². The minimum absolute atomic E-state index is 0.212. The van der Waals surface area contributed by atoms with Crippen molar-refractivity contribution in [1.82, 2.24) is 20.0 Å². The maximum Gasteiger partial charge on any atom is 0.318 e. The number of carbonyl (C=O) groups is 1. The number of β-amino-alcohol motifs (C(OH)–C–C–N with tert-alkyl or cyclic N) is 1. The van der Waals surface area contributed by atoms with Gasteiger partial charge in [0.15, 0.2) is 0 Å². The van der Waals surface area contributed by atoms with Crippen LogP contribution in [0.1, 0.15) is 24.9 Å². The van der Waals surface area contributed by atoms with Gasteiger partial charge in [-0.05, 0) is 36.1 Å². The van der Waals surface area contributed by atoms with Gasteiger partial charge >= 0.3 is 6.03 Å². The van der Waals surface area contributed by atoms with E-state index in [1.54, 1.807) is 23.2 Å². The number of aromatic nitrogens is 2. The third-order valence-electron chi connectivity index (χ3n) is 4.43. The Morgan fingerprint density at radius 1 is 1.48 bits per heavy atom. The lowest BCUT2D eigenvalue weighted by atomic mass is 10.0. The molecule has 2 aromatic rings. The topological polar surface area (TPSA) is 70.4 Å². The number of benzene rings is 1. The molecule has 6 nitrogen and oxygen atoms in total. The molecule has 1 aromatic heterocycles. The second-order valence-corrected chi connectivity index (χ2v) is 6.63. The number of amides is 2. The molecule has 1 aliphatic rings.